The van der Waals surface area contributed by atoms with E-state index in [4.69, 9.17) is 23.2 Å². The zero-order valence-electron chi connectivity index (χ0n) is 15.9. The average molecular weight is 508 g/mol. The van der Waals surface area contributed by atoms with E-state index in [1.165, 1.54) is 0 Å². The van der Waals surface area contributed by atoms with Crippen molar-refractivity contribution in [3.8, 4) is 0 Å². The third-order valence-electron chi connectivity index (χ3n) is 4.59. The molecule has 4 nitrogen and oxygen atoms in total. The summed E-state index contributed by atoms with van der Waals surface area (Å²) in [5, 5.41) is 11.8. The third-order valence-corrected chi connectivity index (χ3v) is 5.33. The molecule has 2 rings (SSSR count). The van der Waals surface area contributed by atoms with Gasteiger partial charge in [0.05, 0.1) is 16.1 Å². The van der Waals surface area contributed by atoms with Gasteiger partial charge in [-0.2, -0.15) is 26.3 Å². The van der Waals surface area contributed by atoms with E-state index in [0.29, 0.717) is 6.92 Å². The Morgan fingerprint density at radius 1 is 0.969 bits per heavy atom. The fourth-order valence-electron chi connectivity index (χ4n) is 2.92. The van der Waals surface area contributed by atoms with Gasteiger partial charge in [0.25, 0.3) is 0 Å². The summed E-state index contributed by atoms with van der Waals surface area (Å²) in [7, 11) is 0. The molecule has 0 saturated heterocycles. The quantitative estimate of drug-likeness (QED) is 0.432. The van der Waals surface area contributed by atoms with Crippen molar-refractivity contribution in [2.24, 2.45) is 5.92 Å². The third kappa shape index (κ3) is 5.21. The maximum atomic E-state index is 13.8. The van der Waals surface area contributed by atoms with Crippen LogP contribution in [0.25, 0.3) is 0 Å². The molecule has 0 saturated carbocycles. The van der Waals surface area contributed by atoms with Gasteiger partial charge in [-0.1, -0.05) is 42.3 Å². The first kappa shape index (κ1) is 26.0. The van der Waals surface area contributed by atoms with E-state index < -0.39 is 47.4 Å². The lowest BCUT2D eigenvalue weighted by molar-refractivity contribution is -0.385. The number of amides is 1. The summed E-state index contributed by atoms with van der Waals surface area (Å²) in [6, 6.07) is 6.28. The van der Waals surface area contributed by atoms with E-state index in [-0.39, 0.29) is 15.7 Å². The van der Waals surface area contributed by atoms with E-state index in [9.17, 15) is 40.6 Å². The Balaban J connectivity index is 2.47. The van der Waals surface area contributed by atoms with Crippen molar-refractivity contribution < 1.29 is 45.4 Å². The molecule has 2 aromatic rings. The molecule has 0 aliphatic heterocycles. The van der Waals surface area contributed by atoms with Crippen LogP contribution in [0.2, 0.25) is 10.0 Å². The van der Waals surface area contributed by atoms with Crippen LogP contribution in [0.4, 0.5) is 41.2 Å². The summed E-state index contributed by atoms with van der Waals surface area (Å²) in [5.74, 6) is -3.61. The minimum atomic E-state index is -6.19. The fraction of sp³-hybridized carbons (Fsp3) is 0.316. The number of hydrogen-bond acceptors (Lipinski definition) is 3. The summed E-state index contributed by atoms with van der Waals surface area (Å²) < 4.78 is 100. The van der Waals surface area contributed by atoms with E-state index >= 15 is 0 Å². The van der Waals surface area contributed by atoms with Crippen LogP contribution < -0.4 is 5.32 Å². The highest BCUT2D eigenvalue weighted by Crippen LogP contribution is 2.53. The number of rotatable bonds is 5. The van der Waals surface area contributed by atoms with Crippen LogP contribution in [-0.2, 0) is 4.74 Å². The van der Waals surface area contributed by atoms with E-state index in [1.54, 1.807) is 5.32 Å². The number of carbonyl (C=O) groups is 1. The molecule has 2 unspecified atom stereocenters. The summed E-state index contributed by atoms with van der Waals surface area (Å²) in [4.78, 5) is 12.1. The van der Waals surface area contributed by atoms with Crippen LogP contribution in [0, 0.1) is 11.7 Å². The summed E-state index contributed by atoms with van der Waals surface area (Å²) in [5.41, 5.74) is -5.87. The molecule has 0 aliphatic carbocycles. The van der Waals surface area contributed by atoms with Gasteiger partial charge in [-0.25, -0.2) is 9.18 Å². The second-order valence-corrected chi connectivity index (χ2v) is 7.47. The van der Waals surface area contributed by atoms with Crippen LogP contribution in [0.15, 0.2) is 42.5 Å². The molecule has 1 amide bonds. The topological polar surface area (TPSA) is 58.6 Å². The standard InChI is InChI=1S/C19H14Cl2F7NO3/c1-9(15(30)10-2-4-11(22)5-3-10)17(18(23,24)25,19(26,27)28)32-16(31)29-12-6-7-13(20)14(21)8-12/h2-9,15,30H,1H3,(H,29,31). The molecule has 0 heterocycles. The predicted octanol–water partition coefficient (Wildman–Crippen LogP) is 6.91. The highest BCUT2D eigenvalue weighted by atomic mass is 35.5. The molecule has 0 radical (unpaired) electrons. The van der Waals surface area contributed by atoms with Crippen LogP contribution in [0.1, 0.15) is 18.6 Å². The smallest absolute Gasteiger partial charge is 0.423 e. The van der Waals surface area contributed by atoms with Gasteiger partial charge >= 0.3 is 24.0 Å². The molecular formula is C19H14Cl2F7NO3. The van der Waals surface area contributed by atoms with Gasteiger partial charge in [-0.15, -0.1) is 0 Å². The molecule has 2 aromatic carbocycles. The Bertz CT molecular complexity index is 951. The van der Waals surface area contributed by atoms with Gasteiger partial charge in [-0.05, 0) is 35.9 Å². The molecule has 176 valence electrons. The molecule has 32 heavy (non-hydrogen) atoms. The van der Waals surface area contributed by atoms with Crippen LogP contribution in [0.3, 0.4) is 0 Å². The Kier molecular flexibility index (Phi) is 7.58. The number of ether oxygens (including phenoxy) is 1. The fourth-order valence-corrected chi connectivity index (χ4v) is 3.22. The lowest BCUT2D eigenvalue weighted by Crippen LogP contribution is -2.65. The van der Waals surface area contributed by atoms with Crippen molar-refractivity contribution in [3.63, 3.8) is 0 Å². The highest BCUT2D eigenvalue weighted by Gasteiger charge is 2.77. The number of halogens is 9. The first-order chi connectivity index (χ1) is 14.6. The monoisotopic (exact) mass is 507 g/mol. The van der Waals surface area contributed by atoms with Crippen molar-refractivity contribution >= 4 is 35.0 Å². The second kappa shape index (κ2) is 9.32. The van der Waals surface area contributed by atoms with Crippen molar-refractivity contribution in [2.45, 2.75) is 31.0 Å². The zero-order chi connectivity index (χ0) is 24.5. The van der Waals surface area contributed by atoms with E-state index in [1.807, 2.05) is 0 Å². The number of alkyl halides is 6. The molecule has 2 atom stereocenters. The van der Waals surface area contributed by atoms with Crippen LogP contribution in [0.5, 0.6) is 0 Å². The lowest BCUT2D eigenvalue weighted by atomic mass is 9.80. The van der Waals surface area contributed by atoms with Crippen molar-refractivity contribution in [2.75, 3.05) is 5.32 Å². The maximum Gasteiger partial charge on any atom is 0.438 e. The van der Waals surface area contributed by atoms with E-state index in [2.05, 4.69) is 4.74 Å². The van der Waals surface area contributed by atoms with Gasteiger partial charge in [0.1, 0.15) is 5.82 Å². The number of nitrogens with one attached hydrogen (secondary N) is 1. The second-order valence-electron chi connectivity index (χ2n) is 6.66. The minimum absolute atomic E-state index is 0.0153. The Morgan fingerprint density at radius 2 is 1.50 bits per heavy atom. The Morgan fingerprint density at radius 3 is 1.97 bits per heavy atom. The molecule has 0 spiro atoms. The molecular weight excluding hydrogens is 494 g/mol. The number of hydrogen-bond donors (Lipinski definition) is 2. The molecule has 0 bridgehead atoms. The van der Waals surface area contributed by atoms with Crippen LogP contribution >= 0.6 is 23.2 Å². The lowest BCUT2D eigenvalue weighted by Gasteiger charge is -2.42. The minimum Gasteiger partial charge on any atom is -0.423 e. The molecule has 0 fully saturated rings. The van der Waals surface area contributed by atoms with Crippen molar-refractivity contribution in [1.29, 1.82) is 0 Å². The molecule has 13 heteroatoms. The average Bonchev–Trinajstić information content (AvgIpc) is 2.66. The van der Waals surface area contributed by atoms with Crippen molar-refractivity contribution in [1.82, 2.24) is 0 Å². The summed E-state index contributed by atoms with van der Waals surface area (Å²) in [6.07, 6.45) is -16.9. The largest absolute Gasteiger partial charge is 0.438 e. The first-order valence-corrected chi connectivity index (χ1v) is 9.37. The van der Waals surface area contributed by atoms with Gasteiger partial charge < -0.3 is 9.84 Å². The number of anilines is 1. The van der Waals surface area contributed by atoms with Gasteiger partial charge in [0.2, 0.25) is 0 Å². The van der Waals surface area contributed by atoms with Crippen LogP contribution in [-0.4, -0.2) is 29.2 Å². The van der Waals surface area contributed by atoms with Gasteiger partial charge in [-0.3, -0.25) is 5.32 Å². The first-order valence-electron chi connectivity index (χ1n) is 8.62. The molecule has 2 N–H and O–H groups in total. The summed E-state index contributed by atoms with van der Waals surface area (Å²) >= 11 is 11.4. The van der Waals surface area contributed by atoms with Gasteiger partial charge in [0, 0.05) is 11.6 Å². The van der Waals surface area contributed by atoms with Crippen molar-refractivity contribution in [3.05, 3.63) is 63.9 Å². The molecule has 0 aromatic heterocycles. The van der Waals surface area contributed by atoms with E-state index in [0.717, 1.165) is 42.5 Å². The van der Waals surface area contributed by atoms with Gasteiger partial charge in [0.15, 0.2) is 0 Å². The Labute approximate surface area is 186 Å². The maximum absolute atomic E-state index is 13.8. The predicted molar refractivity (Wildman–Crippen MR) is 102 cm³/mol. The highest BCUT2D eigenvalue weighted by molar-refractivity contribution is 6.42. The number of aliphatic hydroxyl groups is 1. The zero-order valence-corrected chi connectivity index (χ0v) is 17.4. The number of aliphatic hydroxyl groups excluding tert-OH is 1. The molecule has 0 aliphatic rings. The Hall–Kier alpha value is -2.24. The normalized spacial score (nSPS) is 14.6. The number of benzene rings is 2. The SMILES string of the molecule is CC(C(O)c1ccc(F)cc1)C(OC(=O)Nc1ccc(Cl)c(Cl)c1)(C(F)(F)F)C(F)(F)F. The number of carbonyl (C=O) groups excluding carboxylic acids is 1. The summed E-state index contributed by atoms with van der Waals surface area (Å²) in [6.45, 7) is 0.404.